The molecule has 5 heteroatoms. The van der Waals surface area contributed by atoms with Gasteiger partial charge in [0.15, 0.2) is 0 Å². The Morgan fingerprint density at radius 2 is 2.04 bits per heavy atom. The van der Waals surface area contributed by atoms with E-state index < -0.39 is 6.10 Å². The third-order valence-electron chi connectivity index (χ3n) is 3.87. The first kappa shape index (κ1) is 18.7. The van der Waals surface area contributed by atoms with Crippen LogP contribution in [0.2, 0.25) is 0 Å². The molecule has 0 bridgehead atoms. The van der Waals surface area contributed by atoms with Crippen molar-refractivity contribution in [2.45, 2.75) is 26.2 Å². The van der Waals surface area contributed by atoms with Crippen molar-refractivity contribution in [2.24, 2.45) is 0 Å². The molecular weight excluding hydrogens is 306 g/mol. The molecule has 1 N–H and O–H groups in total. The van der Waals surface area contributed by atoms with Gasteiger partial charge in [-0.05, 0) is 30.2 Å². The van der Waals surface area contributed by atoms with E-state index in [1.807, 2.05) is 24.3 Å². The van der Waals surface area contributed by atoms with Crippen molar-refractivity contribution >= 4 is 0 Å². The van der Waals surface area contributed by atoms with Crippen molar-refractivity contribution in [3.63, 3.8) is 0 Å². The van der Waals surface area contributed by atoms with E-state index >= 15 is 0 Å². The molecule has 2 rings (SSSR count). The molecular formula is C19H27NO4. The van der Waals surface area contributed by atoms with Crippen LogP contribution >= 0.6 is 0 Å². The number of furan rings is 1. The molecule has 0 amide bonds. The Balaban J connectivity index is 1.81. The van der Waals surface area contributed by atoms with Crippen LogP contribution in [0.3, 0.4) is 0 Å². The van der Waals surface area contributed by atoms with Crippen molar-refractivity contribution in [1.82, 2.24) is 4.90 Å². The van der Waals surface area contributed by atoms with E-state index in [9.17, 15) is 5.11 Å². The minimum absolute atomic E-state index is 0.276. The van der Waals surface area contributed by atoms with Crippen LogP contribution in [0.5, 0.6) is 0 Å². The summed E-state index contributed by atoms with van der Waals surface area (Å²) in [5.41, 5.74) is 2.51. The van der Waals surface area contributed by atoms with Gasteiger partial charge in [-0.2, -0.15) is 0 Å². The Kier molecular flexibility index (Phi) is 7.98. The highest BCUT2D eigenvalue weighted by atomic mass is 16.5. The lowest BCUT2D eigenvalue weighted by molar-refractivity contribution is 0.000458. The predicted octanol–water partition coefficient (Wildman–Crippen LogP) is 2.61. The molecule has 0 fully saturated rings. The second kappa shape index (κ2) is 10.3. The van der Waals surface area contributed by atoms with Gasteiger partial charge < -0.3 is 19.0 Å². The predicted molar refractivity (Wildman–Crippen MR) is 92.7 cm³/mol. The topological polar surface area (TPSA) is 55.1 Å². The standard InChI is InChI=1S/C19H27NO4/c1-16-6-3-4-7-17(16)12-20(9-11-22-2)13-18(21)14-23-15-19-8-5-10-24-19/h3-8,10,18,21H,9,11-15H2,1-2H3/t18-/m1/s1. The normalized spacial score (nSPS) is 12.7. The second-order valence-corrected chi connectivity index (χ2v) is 5.90. The van der Waals surface area contributed by atoms with Crippen LogP contribution in [-0.2, 0) is 22.6 Å². The summed E-state index contributed by atoms with van der Waals surface area (Å²) in [6.45, 7) is 5.47. The van der Waals surface area contributed by atoms with Crippen LogP contribution in [0.15, 0.2) is 47.1 Å². The largest absolute Gasteiger partial charge is 0.467 e. The molecule has 0 radical (unpaired) electrons. The minimum Gasteiger partial charge on any atom is -0.467 e. The highest BCUT2D eigenvalue weighted by Crippen LogP contribution is 2.11. The summed E-state index contributed by atoms with van der Waals surface area (Å²) < 4.78 is 15.9. The maximum absolute atomic E-state index is 10.3. The van der Waals surface area contributed by atoms with Gasteiger partial charge in [-0.3, -0.25) is 4.90 Å². The van der Waals surface area contributed by atoms with Gasteiger partial charge in [0.1, 0.15) is 12.4 Å². The zero-order valence-electron chi connectivity index (χ0n) is 14.5. The molecule has 0 spiro atoms. The van der Waals surface area contributed by atoms with Gasteiger partial charge in [-0.1, -0.05) is 24.3 Å². The summed E-state index contributed by atoms with van der Waals surface area (Å²) in [7, 11) is 1.69. The van der Waals surface area contributed by atoms with Gasteiger partial charge in [0.25, 0.3) is 0 Å². The number of aliphatic hydroxyl groups excluding tert-OH is 1. The van der Waals surface area contributed by atoms with Crippen LogP contribution in [0.4, 0.5) is 0 Å². The number of benzene rings is 1. The fourth-order valence-corrected chi connectivity index (χ4v) is 2.52. The van der Waals surface area contributed by atoms with Crippen molar-refractivity contribution in [3.05, 3.63) is 59.5 Å². The highest BCUT2D eigenvalue weighted by Gasteiger charge is 2.13. The fraction of sp³-hybridized carbons (Fsp3) is 0.474. The van der Waals surface area contributed by atoms with E-state index in [0.717, 1.165) is 18.8 Å². The molecule has 1 heterocycles. The Bertz CT molecular complexity index is 571. The third kappa shape index (κ3) is 6.45. The molecule has 0 saturated heterocycles. The van der Waals surface area contributed by atoms with Crippen LogP contribution in [-0.4, -0.2) is 49.5 Å². The lowest BCUT2D eigenvalue weighted by Crippen LogP contribution is -2.36. The minimum atomic E-state index is -0.555. The van der Waals surface area contributed by atoms with Gasteiger partial charge in [0, 0.05) is 26.7 Å². The lowest BCUT2D eigenvalue weighted by Gasteiger charge is -2.25. The Labute approximate surface area is 143 Å². The molecule has 132 valence electrons. The number of aryl methyl sites for hydroxylation is 1. The summed E-state index contributed by atoms with van der Waals surface area (Å²) in [5, 5.41) is 10.3. The smallest absolute Gasteiger partial charge is 0.129 e. The molecule has 1 aromatic heterocycles. The lowest BCUT2D eigenvalue weighted by atomic mass is 10.1. The van der Waals surface area contributed by atoms with E-state index in [-0.39, 0.29) is 6.61 Å². The molecule has 1 aromatic carbocycles. The van der Waals surface area contributed by atoms with E-state index in [1.165, 1.54) is 11.1 Å². The summed E-state index contributed by atoms with van der Waals surface area (Å²) >= 11 is 0. The number of methoxy groups -OCH3 is 1. The molecule has 1 atom stereocenters. The van der Waals surface area contributed by atoms with Gasteiger partial charge in [0.2, 0.25) is 0 Å². The first-order chi connectivity index (χ1) is 11.7. The molecule has 0 unspecified atom stereocenters. The summed E-state index contributed by atoms with van der Waals surface area (Å²) in [5.74, 6) is 0.762. The summed E-state index contributed by atoms with van der Waals surface area (Å²) in [4.78, 5) is 2.19. The maximum atomic E-state index is 10.3. The number of hydrogen-bond acceptors (Lipinski definition) is 5. The van der Waals surface area contributed by atoms with E-state index in [2.05, 4.69) is 24.0 Å². The van der Waals surface area contributed by atoms with E-state index in [1.54, 1.807) is 13.4 Å². The average molecular weight is 333 g/mol. The third-order valence-corrected chi connectivity index (χ3v) is 3.87. The van der Waals surface area contributed by atoms with Gasteiger partial charge in [-0.15, -0.1) is 0 Å². The molecule has 5 nitrogen and oxygen atoms in total. The quantitative estimate of drug-likeness (QED) is 0.685. The molecule has 24 heavy (non-hydrogen) atoms. The molecule has 2 aromatic rings. The van der Waals surface area contributed by atoms with Gasteiger partial charge in [0.05, 0.1) is 25.6 Å². The maximum Gasteiger partial charge on any atom is 0.129 e. The summed E-state index contributed by atoms with van der Waals surface area (Å²) in [6.07, 6.45) is 1.06. The van der Waals surface area contributed by atoms with Crippen LogP contribution in [0.25, 0.3) is 0 Å². The first-order valence-electron chi connectivity index (χ1n) is 8.23. The number of rotatable bonds is 11. The van der Waals surface area contributed by atoms with Crippen molar-refractivity contribution in [3.8, 4) is 0 Å². The van der Waals surface area contributed by atoms with Crippen molar-refractivity contribution in [2.75, 3.05) is 33.4 Å². The van der Waals surface area contributed by atoms with Crippen LogP contribution in [0, 0.1) is 6.92 Å². The average Bonchev–Trinajstić information content (AvgIpc) is 3.08. The molecule has 0 aliphatic heterocycles. The number of hydrogen-bond donors (Lipinski definition) is 1. The first-order valence-corrected chi connectivity index (χ1v) is 8.23. The van der Waals surface area contributed by atoms with E-state index in [0.29, 0.717) is 19.8 Å². The Morgan fingerprint density at radius 1 is 1.21 bits per heavy atom. The van der Waals surface area contributed by atoms with Gasteiger partial charge >= 0.3 is 0 Å². The monoisotopic (exact) mass is 333 g/mol. The zero-order chi connectivity index (χ0) is 17.2. The summed E-state index contributed by atoms with van der Waals surface area (Å²) in [6, 6.07) is 12.0. The fourth-order valence-electron chi connectivity index (χ4n) is 2.52. The Morgan fingerprint density at radius 3 is 2.75 bits per heavy atom. The molecule has 0 aliphatic carbocycles. The second-order valence-electron chi connectivity index (χ2n) is 5.90. The number of nitrogens with zero attached hydrogens (tertiary/aromatic N) is 1. The Hall–Kier alpha value is -1.66. The zero-order valence-corrected chi connectivity index (χ0v) is 14.5. The molecule has 0 aliphatic rings. The number of aliphatic hydroxyl groups is 1. The molecule has 0 saturated carbocycles. The van der Waals surface area contributed by atoms with E-state index in [4.69, 9.17) is 13.9 Å². The number of ether oxygens (including phenoxy) is 2. The van der Waals surface area contributed by atoms with Gasteiger partial charge in [-0.25, -0.2) is 0 Å². The van der Waals surface area contributed by atoms with Crippen LogP contribution < -0.4 is 0 Å². The highest BCUT2D eigenvalue weighted by molar-refractivity contribution is 5.25. The SMILES string of the molecule is COCCN(Cc1ccccc1C)C[C@@H](O)COCc1ccco1. The van der Waals surface area contributed by atoms with Crippen molar-refractivity contribution < 1.29 is 19.0 Å². The van der Waals surface area contributed by atoms with Crippen molar-refractivity contribution in [1.29, 1.82) is 0 Å². The van der Waals surface area contributed by atoms with Crippen LogP contribution in [0.1, 0.15) is 16.9 Å².